The maximum absolute atomic E-state index is 14.7. The van der Waals surface area contributed by atoms with E-state index in [1.54, 1.807) is 69.8 Å². The summed E-state index contributed by atoms with van der Waals surface area (Å²) in [5.41, 5.74) is -1.97. The van der Waals surface area contributed by atoms with Gasteiger partial charge in [0.1, 0.15) is 11.6 Å². The van der Waals surface area contributed by atoms with E-state index in [1.165, 1.54) is 36.4 Å². The van der Waals surface area contributed by atoms with Crippen molar-refractivity contribution in [2.45, 2.75) is 24.7 Å². The molecule has 0 saturated heterocycles. The molecule has 0 unspecified atom stereocenters. The van der Waals surface area contributed by atoms with Gasteiger partial charge in [-0.3, -0.25) is 0 Å². The highest BCUT2D eigenvalue weighted by atomic mass is 19.4. The van der Waals surface area contributed by atoms with Crippen LogP contribution in [0.2, 0.25) is 0 Å². The van der Waals surface area contributed by atoms with Crippen LogP contribution < -0.4 is 0 Å². The molecule has 12 aromatic rings. The van der Waals surface area contributed by atoms with Crippen molar-refractivity contribution in [3.05, 3.63) is 228 Å². The summed E-state index contributed by atoms with van der Waals surface area (Å²) in [6.45, 7) is 0. The lowest BCUT2D eigenvalue weighted by atomic mass is 9.95. The lowest BCUT2D eigenvalue weighted by Gasteiger charge is -2.19. The fourth-order valence-corrected chi connectivity index (χ4v) is 10.5. The molecule has 0 saturated carbocycles. The van der Waals surface area contributed by atoms with Crippen LogP contribution >= 0.6 is 0 Å². The van der Waals surface area contributed by atoms with E-state index < -0.39 is 58.1 Å². The third-order valence-electron chi connectivity index (χ3n) is 14.1. The van der Waals surface area contributed by atoms with Crippen molar-refractivity contribution in [3.8, 4) is 73.6 Å². The Morgan fingerprint density at radius 2 is 0.725 bits per heavy atom. The predicted octanol–water partition coefficient (Wildman–Crippen LogP) is 19.0. The van der Waals surface area contributed by atoms with Gasteiger partial charge in [0.25, 0.3) is 0 Å². The third-order valence-corrected chi connectivity index (χ3v) is 14.1. The fourth-order valence-electron chi connectivity index (χ4n) is 10.5. The Hall–Kier alpha value is -9.69. The van der Waals surface area contributed by atoms with E-state index >= 15 is 0 Å². The number of hydrogen-bond donors (Lipinski definition) is 0. The van der Waals surface area contributed by atoms with Crippen molar-refractivity contribution in [2.75, 3.05) is 0 Å². The molecule has 3 heterocycles. The Kier molecular flexibility index (Phi) is 12.0. The van der Waals surface area contributed by atoms with Gasteiger partial charge in [-0.15, -0.1) is 0 Å². The molecule has 0 atom stereocenters. The molecule has 0 aliphatic carbocycles. The minimum absolute atomic E-state index is 0.0268. The summed E-state index contributed by atoms with van der Waals surface area (Å²) in [5, 5.41) is 13.4. The lowest BCUT2D eigenvalue weighted by Crippen LogP contribution is -2.12. The number of rotatable bonds is 7. The van der Waals surface area contributed by atoms with Gasteiger partial charge >= 0.3 is 24.7 Å². The molecule has 0 amide bonds. The minimum Gasteiger partial charge on any atom is -0.308 e. The summed E-state index contributed by atoms with van der Waals surface area (Å²) in [6, 6.07) is 51.6. The zero-order chi connectivity index (χ0) is 56.0. The molecular formula is C63H33F12N5. The van der Waals surface area contributed by atoms with Gasteiger partial charge in [-0.05, 0) is 101 Å². The highest BCUT2D eigenvalue weighted by Gasteiger charge is 2.40. The van der Waals surface area contributed by atoms with Gasteiger partial charge < -0.3 is 9.13 Å². The minimum atomic E-state index is -5.18. The van der Waals surface area contributed by atoms with Gasteiger partial charge in [-0.2, -0.15) is 57.9 Å². The zero-order valence-corrected chi connectivity index (χ0v) is 40.8. The lowest BCUT2D eigenvalue weighted by molar-refractivity contribution is -0.144. The van der Waals surface area contributed by atoms with Crippen LogP contribution in [0.1, 0.15) is 27.8 Å². The summed E-state index contributed by atoms with van der Waals surface area (Å²) in [5.74, 6) is 0.187. The normalized spacial score (nSPS) is 12.5. The Morgan fingerprint density at radius 3 is 1.11 bits per heavy atom. The fraction of sp³-hybridized carbons (Fsp3) is 0.0635. The molecule has 0 N–H and O–H groups in total. The van der Waals surface area contributed by atoms with E-state index in [9.17, 15) is 57.9 Å². The molecule has 0 aliphatic heterocycles. The SMILES string of the molecule is N#Cc1c(-n2c3ccccc3c3cc(-c4ccc(C(F)(F)F)cc4C(F)(F)F)ccc32)cc(-c2nc(-c3ccccc3)cc(-c3ccccc3)n2)cc1-n1c2ccccc2c2cc(-c3ccc(C(F)(F)F)cc3C(F)(F)F)ccc21. The monoisotopic (exact) mass is 1090 g/mol. The van der Waals surface area contributed by atoms with Crippen LogP contribution in [-0.2, 0) is 24.7 Å². The van der Waals surface area contributed by atoms with Crippen molar-refractivity contribution >= 4 is 43.6 Å². The molecule has 394 valence electrons. The summed E-state index contributed by atoms with van der Waals surface area (Å²) < 4.78 is 174. The van der Waals surface area contributed by atoms with E-state index in [-0.39, 0.29) is 46.0 Å². The van der Waals surface area contributed by atoms with E-state index in [0.29, 0.717) is 72.7 Å². The largest absolute Gasteiger partial charge is 0.417 e. The number of aromatic nitrogens is 4. The molecule has 17 heteroatoms. The van der Waals surface area contributed by atoms with Gasteiger partial charge in [-0.25, -0.2) is 9.97 Å². The van der Waals surface area contributed by atoms with Crippen molar-refractivity contribution in [1.29, 1.82) is 5.26 Å². The molecule has 12 rings (SSSR count). The number of halogens is 12. The van der Waals surface area contributed by atoms with E-state index in [0.717, 1.165) is 23.3 Å². The third kappa shape index (κ3) is 8.92. The molecule has 5 nitrogen and oxygen atoms in total. The first kappa shape index (κ1) is 51.1. The van der Waals surface area contributed by atoms with E-state index in [1.807, 2.05) is 66.7 Å². The first-order chi connectivity index (χ1) is 38.2. The molecule has 0 spiro atoms. The molecule has 0 bridgehead atoms. The van der Waals surface area contributed by atoms with Crippen molar-refractivity contribution < 1.29 is 52.7 Å². The van der Waals surface area contributed by atoms with Crippen LogP contribution in [0.3, 0.4) is 0 Å². The summed E-state index contributed by atoms with van der Waals surface area (Å²) in [6.07, 6.45) is -20.5. The van der Waals surface area contributed by atoms with E-state index in [4.69, 9.17) is 9.97 Å². The maximum Gasteiger partial charge on any atom is 0.417 e. The number of benzene rings is 9. The Morgan fingerprint density at radius 1 is 0.338 bits per heavy atom. The Bertz CT molecular complexity index is 4210. The molecule has 0 fully saturated rings. The number of alkyl halides is 12. The summed E-state index contributed by atoms with van der Waals surface area (Å²) in [7, 11) is 0. The van der Waals surface area contributed by atoms with Crippen LogP contribution in [0.25, 0.3) is 111 Å². The number of nitrogens with zero attached hydrogens (tertiary/aromatic N) is 5. The zero-order valence-electron chi connectivity index (χ0n) is 40.8. The molecule has 0 radical (unpaired) electrons. The number of nitriles is 1. The van der Waals surface area contributed by atoms with Crippen LogP contribution in [0.5, 0.6) is 0 Å². The number of fused-ring (bicyclic) bond motifs is 6. The van der Waals surface area contributed by atoms with Gasteiger partial charge in [0.15, 0.2) is 5.82 Å². The van der Waals surface area contributed by atoms with Crippen molar-refractivity contribution in [2.24, 2.45) is 0 Å². The van der Waals surface area contributed by atoms with Gasteiger partial charge in [0.05, 0.1) is 67.1 Å². The van der Waals surface area contributed by atoms with Gasteiger partial charge in [0, 0.05) is 38.2 Å². The molecular weight excluding hydrogens is 1050 g/mol. The molecule has 0 aliphatic rings. The average Bonchev–Trinajstić information content (AvgIpc) is 3.98. The average molecular weight is 1090 g/mol. The topological polar surface area (TPSA) is 59.4 Å². The molecule has 80 heavy (non-hydrogen) atoms. The second-order valence-electron chi connectivity index (χ2n) is 18.9. The second-order valence-corrected chi connectivity index (χ2v) is 18.9. The van der Waals surface area contributed by atoms with Crippen molar-refractivity contribution in [1.82, 2.24) is 19.1 Å². The molecule has 9 aromatic carbocycles. The second kappa shape index (κ2) is 18.8. The van der Waals surface area contributed by atoms with Gasteiger partial charge in [-0.1, -0.05) is 121 Å². The van der Waals surface area contributed by atoms with Crippen LogP contribution in [-0.4, -0.2) is 19.1 Å². The number of para-hydroxylation sites is 2. The highest BCUT2D eigenvalue weighted by molar-refractivity contribution is 6.12. The number of hydrogen-bond acceptors (Lipinski definition) is 3. The smallest absolute Gasteiger partial charge is 0.308 e. The first-order valence-electron chi connectivity index (χ1n) is 24.4. The maximum atomic E-state index is 14.7. The predicted molar refractivity (Wildman–Crippen MR) is 283 cm³/mol. The van der Waals surface area contributed by atoms with E-state index in [2.05, 4.69) is 6.07 Å². The Labute approximate surface area is 445 Å². The quantitative estimate of drug-likeness (QED) is 0.149. The van der Waals surface area contributed by atoms with Crippen LogP contribution in [0.15, 0.2) is 200 Å². The first-order valence-corrected chi connectivity index (χ1v) is 24.4. The van der Waals surface area contributed by atoms with Crippen LogP contribution in [0, 0.1) is 11.3 Å². The van der Waals surface area contributed by atoms with Crippen molar-refractivity contribution in [3.63, 3.8) is 0 Å². The summed E-state index contributed by atoms with van der Waals surface area (Å²) >= 11 is 0. The van der Waals surface area contributed by atoms with Crippen LogP contribution in [0.4, 0.5) is 52.7 Å². The highest BCUT2D eigenvalue weighted by Crippen LogP contribution is 2.47. The molecule has 3 aromatic heterocycles. The van der Waals surface area contributed by atoms with Gasteiger partial charge in [0.2, 0.25) is 0 Å². The summed E-state index contributed by atoms with van der Waals surface area (Å²) in [4.78, 5) is 10.2. The Balaban J connectivity index is 1.16. The standard InChI is InChI=1S/C63H33F12N5/c64-60(65,66)40-21-23-42(49(31-40)62(70,71)72)37-19-25-55-46(27-37)44-15-7-9-17-53(44)79(55)57-29-39(59-77-51(35-11-3-1-4-12-35)33-52(78-59)36-13-5-2-6-14-36)30-58(48(57)34-76)80-54-18-10-8-16-45(54)47-28-38(20-26-56(47)80)43-24-22-41(61(67,68)69)32-50(43)63(73,74)75/h1-33H.